The fraction of sp³-hybridized carbons (Fsp3) is 0.690. The summed E-state index contributed by atoms with van der Waals surface area (Å²) >= 11 is 0. The maximum absolute atomic E-state index is 12.6. The van der Waals surface area contributed by atoms with Gasteiger partial charge in [-0.2, -0.15) is 36.5 Å². The van der Waals surface area contributed by atoms with Crippen LogP contribution in [0.4, 0.5) is 31.1 Å². The number of carbonyl (C=O) groups is 1. The Morgan fingerprint density at radius 2 is 1.30 bits per heavy atom. The van der Waals surface area contributed by atoms with Crippen LogP contribution in [0, 0.1) is 0 Å². The van der Waals surface area contributed by atoms with Crippen molar-refractivity contribution in [2.45, 2.75) is 63.0 Å². The standard InChI is InChI=1S/C17H23F3N4O3.C12H15F3N4O/c1-16(2,3)27-15(25)24-7-6-23-9-13(26-10-11(23)8-24)12-4-5-14(22-21-12)17(18,19)20;13-12(14,15)11-2-1-9(17-18-11)10-6-19-4-3-16-5-8(19)7-20-10/h4-5,11,13H,6-10H2,1-3H3;1-2,8,10,16H,3-7H2/t11-,13?;8-,10-/m00/s1. The number of halogens is 6. The van der Waals surface area contributed by atoms with Gasteiger partial charge in [-0.25, -0.2) is 4.79 Å². The second kappa shape index (κ2) is 14.1. The Hall–Kier alpha value is -3.19. The van der Waals surface area contributed by atoms with E-state index in [4.69, 9.17) is 14.2 Å². The largest absolute Gasteiger partial charge is 0.444 e. The molecule has 1 unspecified atom stereocenters. The zero-order valence-electron chi connectivity index (χ0n) is 26.2. The molecule has 2 aromatic heterocycles. The van der Waals surface area contributed by atoms with E-state index in [1.807, 2.05) is 20.8 Å². The van der Waals surface area contributed by atoms with Crippen LogP contribution < -0.4 is 5.32 Å². The van der Waals surface area contributed by atoms with Crippen LogP contribution in [0.3, 0.4) is 0 Å². The molecule has 4 atom stereocenters. The highest BCUT2D eigenvalue weighted by Gasteiger charge is 2.39. The fourth-order valence-electron chi connectivity index (χ4n) is 5.67. The third-order valence-corrected chi connectivity index (χ3v) is 8.12. The van der Waals surface area contributed by atoms with E-state index in [-0.39, 0.29) is 18.2 Å². The maximum Gasteiger partial charge on any atom is 0.435 e. The second-order valence-electron chi connectivity index (χ2n) is 12.8. The predicted octanol–water partition coefficient (Wildman–Crippen LogP) is 3.33. The Balaban J connectivity index is 0.000000193. The molecule has 0 saturated carbocycles. The lowest BCUT2D eigenvalue weighted by molar-refractivity contribution is -0.142. The monoisotopic (exact) mass is 676 g/mol. The van der Waals surface area contributed by atoms with Gasteiger partial charge in [-0.3, -0.25) is 9.80 Å². The van der Waals surface area contributed by atoms with E-state index in [1.165, 1.54) is 12.1 Å². The van der Waals surface area contributed by atoms with Gasteiger partial charge in [-0.1, -0.05) is 0 Å². The van der Waals surface area contributed by atoms with Gasteiger partial charge in [0.2, 0.25) is 0 Å². The molecule has 260 valence electrons. The van der Waals surface area contributed by atoms with Gasteiger partial charge >= 0.3 is 18.4 Å². The molecule has 0 aromatic carbocycles. The van der Waals surface area contributed by atoms with Crippen LogP contribution in [0.25, 0.3) is 0 Å². The van der Waals surface area contributed by atoms with Gasteiger partial charge in [0.1, 0.15) is 17.8 Å². The number of hydrogen-bond donors (Lipinski definition) is 1. The summed E-state index contributed by atoms with van der Waals surface area (Å²) in [6, 6.07) is 4.88. The number of nitrogens with zero attached hydrogens (tertiary/aromatic N) is 7. The van der Waals surface area contributed by atoms with E-state index < -0.39 is 35.4 Å². The Labute approximate surface area is 267 Å². The van der Waals surface area contributed by atoms with E-state index in [2.05, 4.69) is 35.5 Å². The van der Waals surface area contributed by atoms with Gasteiger partial charge in [0, 0.05) is 58.4 Å². The van der Waals surface area contributed by atoms with Crippen molar-refractivity contribution in [2.24, 2.45) is 0 Å². The van der Waals surface area contributed by atoms with Crippen molar-refractivity contribution in [1.82, 2.24) is 40.4 Å². The van der Waals surface area contributed by atoms with Crippen molar-refractivity contribution in [2.75, 3.05) is 65.6 Å². The highest BCUT2D eigenvalue weighted by Crippen LogP contribution is 2.31. The first-order valence-electron chi connectivity index (χ1n) is 15.3. The van der Waals surface area contributed by atoms with Crippen molar-refractivity contribution < 1.29 is 45.3 Å². The lowest BCUT2D eigenvalue weighted by Gasteiger charge is -2.45. The maximum atomic E-state index is 12.6. The highest BCUT2D eigenvalue weighted by atomic mass is 19.4. The zero-order valence-corrected chi connectivity index (χ0v) is 26.2. The normalized spacial score (nSPS) is 26.0. The number of rotatable bonds is 2. The van der Waals surface area contributed by atoms with Gasteiger partial charge in [0.15, 0.2) is 11.4 Å². The second-order valence-corrected chi connectivity index (χ2v) is 12.8. The van der Waals surface area contributed by atoms with Crippen molar-refractivity contribution >= 4 is 6.09 Å². The Morgan fingerprint density at radius 1 is 0.766 bits per heavy atom. The van der Waals surface area contributed by atoms with Gasteiger partial charge in [-0.15, -0.1) is 10.2 Å². The minimum absolute atomic E-state index is 0.0184. The molecule has 0 spiro atoms. The molecule has 1 N–H and O–H groups in total. The number of amides is 1. The van der Waals surface area contributed by atoms with Crippen LogP contribution in [-0.2, 0) is 26.6 Å². The molecule has 4 aliphatic heterocycles. The first-order chi connectivity index (χ1) is 22.1. The lowest BCUT2D eigenvalue weighted by atomic mass is 10.1. The fourth-order valence-corrected chi connectivity index (χ4v) is 5.67. The number of nitrogens with one attached hydrogen (secondary N) is 1. The van der Waals surface area contributed by atoms with Crippen LogP contribution in [0.1, 0.15) is 55.8 Å². The molecule has 0 bridgehead atoms. The van der Waals surface area contributed by atoms with Gasteiger partial charge in [0.25, 0.3) is 0 Å². The van der Waals surface area contributed by atoms with E-state index in [0.29, 0.717) is 63.4 Å². The first-order valence-corrected chi connectivity index (χ1v) is 15.3. The molecule has 1 amide bonds. The summed E-state index contributed by atoms with van der Waals surface area (Å²) in [5.74, 6) is 0. The van der Waals surface area contributed by atoms with Crippen molar-refractivity contribution in [3.8, 4) is 0 Å². The molecule has 6 rings (SSSR count). The summed E-state index contributed by atoms with van der Waals surface area (Å²) in [5.41, 5.74) is -1.72. The van der Waals surface area contributed by atoms with Gasteiger partial charge in [0.05, 0.1) is 30.6 Å². The highest BCUT2D eigenvalue weighted by molar-refractivity contribution is 5.68. The van der Waals surface area contributed by atoms with Crippen LogP contribution >= 0.6 is 0 Å². The van der Waals surface area contributed by atoms with Crippen molar-refractivity contribution in [1.29, 1.82) is 0 Å². The molecule has 0 aliphatic carbocycles. The quantitative estimate of drug-likeness (QED) is 0.473. The molecule has 2 aromatic rings. The summed E-state index contributed by atoms with van der Waals surface area (Å²) in [4.78, 5) is 18.3. The zero-order chi connectivity index (χ0) is 34.0. The number of hydrogen-bond acceptors (Lipinski definition) is 11. The third kappa shape index (κ3) is 9.25. The van der Waals surface area contributed by atoms with Crippen LogP contribution in [0.5, 0.6) is 0 Å². The third-order valence-electron chi connectivity index (χ3n) is 8.12. The molecule has 47 heavy (non-hydrogen) atoms. The molecule has 12 nitrogen and oxygen atoms in total. The molecular formula is C29H38F6N8O4. The number of aromatic nitrogens is 4. The average molecular weight is 677 g/mol. The Morgan fingerprint density at radius 3 is 1.79 bits per heavy atom. The van der Waals surface area contributed by atoms with E-state index in [1.54, 1.807) is 4.90 Å². The molecular weight excluding hydrogens is 638 g/mol. The molecule has 4 aliphatic rings. The van der Waals surface area contributed by atoms with E-state index in [0.717, 1.165) is 31.8 Å². The topological polar surface area (TPSA) is 118 Å². The number of fused-ring (bicyclic) bond motifs is 2. The Bertz CT molecular complexity index is 1340. The van der Waals surface area contributed by atoms with Crippen LogP contribution in [0.15, 0.2) is 24.3 Å². The summed E-state index contributed by atoms with van der Waals surface area (Å²) in [6.45, 7) is 11.9. The SMILES string of the molecule is CC(C)(C)OC(=O)N1CCN2CC(c3ccc(C(F)(F)F)nn3)OC[C@@H]2C1.FC(F)(F)c1ccc([C@@H]2CN3CCNC[C@H]3CO2)nn1. The molecule has 6 heterocycles. The summed E-state index contributed by atoms with van der Waals surface area (Å²) in [7, 11) is 0. The van der Waals surface area contributed by atoms with Gasteiger partial charge < -0.3 is 24.4 Å². The smallest absolute Gasteiger partial charge is 0.435 e. The van der Waals surface area contributed by atoms with Crippen molar-refractivity contribution in [3.05, 3.63) is 47.0 Å². The minimum atomic E-state index is -4.51. The molecule has 4 saturated heterocycles. The molecule has 18 heteroatoms. The first kappa shape index (κ1) is 35.1. The Kier molecular flexibility index (Phi) is 10.5. The number of ether oxygens (including phenoxy) is 3. The van der Waals surface area contributed by atoms with Crippen LogP contribution in [0.2, 0.25) is 0 Å². The van der Waals surface area contributed by atoms with E-state index >= 15 is 0 Å². The molecule has 0 radical (unpaired) electrons. The summed E-state index contributed by atoms with van der Waals surface area (Å²) in [6.07, 6.45) is -10.1. The predicted molar refractivity (Wildman–Crippen MR) is 153 cm³/mol. The van der Waals surface area contributed by atoms with Gasteiger partial charge in [-0.05, 0) is 45.0 Å². The number of piperazine rings is 2. The van der Waals surface area contributed by atoms with Crippen molar-refractivity contribution in [3.63, 3.8) is 0 Å². The average Bonchev–Trinajstić information content (AvgIpc) is 3.03. The minimum Gasteiger partial charge on any atom is -0.444 e. The lowest BCUT2D eigenvalue weighted by Crippen LogP contribution is -2.60. The molecule has 4 fully saturated rings. The summed E-state index contributed by atoms with van der Waals surface area (Å²) < 4.78 is 92.0. The summed E-state index contributed by atoms with van der Waals surface area (Å²) in [5, 5.41) is 17.1. The number of morpholine rings is 2. The number of alkyl halides is 6. The number of carbonyl (C=O) groups excluding carboxylic acids is 1. The van der Waals surface area contributed by atoms with E-state index in [9.17, 15) is 31.1 Å². The van der Waals surface area contributed by atoms with Crippen LogP contribution in [-0.4, -0.2) is 124 Å².